The minimum Gasteiger partial charge on any atom is -0.396 e. The van der Waals surface area contributed by atoms with E-state index >= 15 is 0 Å². The molecule has 1 nitrogen and oxygen atoms in total. The van der Waals surface area contributed by atoms with Gasteiger partial charge >= 0.3 is 0 Å². The van der Waals surface area contributed by atoms with Gasteiger partial charge < -0.3 is 5.11 Å². The predicted octanol–water partition coefficient (Wildman–Crippen LogP) is 3.53. The van der Waals surface area contributed by atoms with Crippen LogP contribution in [-0.2, 0) is 0 Å². The molecule has 14 heavy (non-hydrogen) atoms. The first-order valence-electron chi connectivity index (χ1n) is 5.93. The molecule has 0 saturated heterocycles. The summed E-state index contributed by atoms with van der Waals surface area (Å²) in [5, 5.41) is 8.80. The Hall–Kier alpha value is -0.300. The molecule has 0 aromatic carbocycles. The van der Waals surface area contributed by atoms with Crippen LogP contribution in [0.5, 0.6) is 0 Å². The van der Waals surface area contributed by atoms with E-state index in [0.29, 0.717) is 6.61 Å². The van der Waals surface area contributed by atoms with Crippen LogP contribution in [0.25, 0.3) is 0 Å². The lowest BCUT2D eigenvalue weighted by atomic mass is 9.78. The van der Waals surface area contributed by atoms with Crippen molar-refractivity contribution in [3.8, 4) is 0 Å². The van der Waals surface area contributed by atoms with E-state index in [9.17, 15) is 0 Å². The molecular formula is C13H24O. The average Bonchev–Trinajstić information content (AvgIpc) is 2.15. The van der Waals surface area contributed by atoms with Crippen molar-refractivity contribution in [3.63, 3.8) is 0 Å². The molecular weight excluding hydrogens is 172 g/mol. The van der Waals surface area contributed by atoms with Gasteiger partial charge in [-0.2, -0.15) is 0 Å². The molecule has 0 spiro atoms. The van der Waals surface area contributed by atoms with Gasteiger partial charge in [-0.25, -0.2) is 0 Å². The molecule has 82 valence electrons. The maximum Gasteiger partial charge on any atom is 0.0434 e. The van der Waals surface area contributed by atoms with Gasteiger partial charge in [-0.05, 0) is 50.9 Å². The predicted molar refractivity (Wildman–Crippen MR) is 61.2 cm³/mol. The van der Waals surface area contributed by atoms with Gasteiger partial charge in [0.25, 0.3) is 0 Å². The van der Waals surface area contributed by atoms with Crippen LogP contribution >= 0.6 is 0 Å². The van der Waals surface area contributed by atoms with Crippen LogP contribution in [0.4, 0.5) is 0 Å². The van der Waals surface area contributed by atoms with Gasteiger partial charge in [0.15, 0.2) is 0 Å². The SMILES string of the molecule is CC1=C(CCCO)CCC(C(C)C)C1. The summed E-state index contributed by atoms with van der Waals surface area (Å²) < 4.78 is 0. The Labute approximate surface area is 88.2 Å². The average molecular weight is 196 g/mol. The summed E-state index contributed by atoms with van der Waals surface area (Å²) in [4.78, 5) is 0. The number of hydrogen-bond donors (Lipinski definition) is 1. The molecule has 1 unspecified atom stereocenters. The first-order chi connectivity index (χ1) is 6.65. The van der Waals surface area contributed by atoms with Gasteiger partial charge in [0, 0.05) is 6.61 Å². The molecule has 0 aliphatic heterocycles. The molecule has 1 aliphatic rings. The van der Waals surface area contributed by atoms with Crippen LogP contribution < -0.4 is 0 Å². The molecule has 0 aromatic rings. The van der Waals surface area contributed by atoms with Crippen LogP contribution in [0.1, 0.15) is 52.9 Å². The van der Waals surface area contributed by atoms with Crippen LogP contribution in [0.3, 0.4) is 0 Å². The molecule has 0 saturated carbocycles. The minimum absolute atomic E-state index is 0.338. The Bertz CT molecular complexity index is 203. The van der Waals surface area contributed by atoms with E-state index < -0.39 is 0 Å². The van der Waals surface area contributed by atoms with Crippen molar-refractivity contribution < 1.29 is 5.11 Å². The van der Waals surface area contributed by atoms with Crippen molar-refractivity contribution in [2.45, 2.75) is 52.9 Å². The molecule has 0 heterocycles. The third-order valence-electron chi connectivity index (χ3n) is 3.57. The standard InChI is InChI=1S/C13H24O/c1-10(2)13-7-6-12(5-4-8-14)11(3)9-13/h10,13-14H,4-9H2,1-3H3. The van der Waals surface area contributed by atoms with Crippen LogP contribution in [-0.4, -0.2) is 11.7 Å². The number of aliphatic hydroxyl groups excluding tert-OH is 1. The lowest BCUT2D eigenvalue weighted by molar-refractivity contribution is 0.284. The molecule has 0 amide bonds. The van der Waals surface area contributed by atoms with E-state index in [1.165, 1.54) is 19.3 Å². The first kappa shape index (κ1) is 11.8. The molecule has 0 fully saturated rings. The van der Waals surface area contributed by atoms with E-state index in [1.54, 1.807) is 11.1 Å². The fraction of sp³-hybridized carbons (Fsp3) is 0.846. The van der Waals surface area contributed by atoms with Crippen LogP contribution in [0.2, 0.25) is 0 Å². The van der Waals surface area contributed by atoms with Crippen molar-refractivity contribution >= 4 is 0 Å². The van der Waals surface area contributed by atoms with Crippen molar-refractivity contribution in [2.75, 3.05) is 6.61 Å². The monoisotopic (exact) mass is 196 g/mol. The zero-order valence-electron chi connectivity index (χ0n) is 9.84. The second kappa shape index (κ2) is 5.55. The summed E-state index contributed by atoms with van der Waals surface area (Å²) >= 11 is 0. The van der Waals surface area contributed by atoms with E-state index in [2.05, 4.69) is 20.8 Å². The van der Waals surface area contributed by atoms with Gasteiger partial charge in [-0.1, -0.05) is 25.0 Å². The molecule has 0 radical (unpaired) electrons. The van der Waals surface area contributed by atoms with Crippen molar-refractivity contribution in [1.29, 1.82) is 0 Å². The summed E-state index contributed by atoms with van der Waals surface area (Å²) in [5.74, 6) is 1.72. The van der Waals surface area contributed by atoms with E-state index in [4.69, 9.17) is 5.11 Å². The molecule has 0 aromatic heterocycles. The highest BCUT2D eigenvalue weighted by atomic mass is 16.2. The second-order valence-electron chi connectivity index (χ2n) is 4.96. The van der Waals surface area contributed by atoms with Gasteiger partial charge in [0.05, 0.1) is 0 Å². The van der Waals surface area contributed by atoms with Gasteiger partial charge in [-0.3, -0.25) is 0 Å². The Morgan fingerprint density at radius 1 is 1.43 bits per heavy atom. The molecule has 1 rings (SSSR count). The second-order valence-corrected chi connectivity index (χ2v) is 4.96. The highest BCUT2D eigenvalue weighted by molar-refractivity contribution is 5.16. The lowest BCUT2D eigenvalue weighted by Crippen LogP contribution is -2.15. The maximum absolute atomic E-state index is 8.80. The van der Waals surface area contributed by atoms with Gasteiger partial charge in [-0.15, -0.1) is 0 Å². The number of rotatable bonds is 4. The fourth-order valence-corrected chi connectivity index (χ4v) is 2.41. The Kier molecular flexibility index (Phi) is 4.67. The summed E-state index contributed by atoms with van der Waals surface area (Å²) in [5.41, 5.74) is 3.22. The molecule has 1 heteroatoms. The molecule has 1 atom stereocenters. The summed E-state index contributed by atoms with van der Waals surface area (Å²) in [6, 6.07) is 0. The molecule has 1 N–H and O–H groups in total. The Morgan fingerprint density at radius 2 is 2.14 bits per heavy atom. The van der Waals surface area contributed by atoms with Gasteiger partial charge in [0.1, 0.15) is 0 Å². The third-order valence-corrected chi connectivity index (χ3v) is 3.57. The van der Waals surface area contributed by atoms with E-state index in [-0.39, 0.29) is 0 Å². The summed E-state index contributed by atoms with van der Waals surface area (Å²) in [6.45, 7) is 7.28. The topological polar surface area (TPSA) is 20.2 Å². The highest BCUT2D eigenvalue weighted by Crippen LogP contribution is 2.35. The minimum atomic E-state index is 0.338. The number of allylic oxidation sites excluding steroid dienone is 2. The third kappa shape index (κ3) is 3.13. The quantitative estimate of drug-likeness (QED) is 0.682. The van der Waals surface area contributed by atoms with E-state index in [1.807, 2.05) is 0 Å². The fourth-order valence-electron chi connectivity index (χ4n) is 2.41. The summed E-state index contributed by atoms with van der Waals surface area (Å²) in [7, 11) is 0. The maximum atomic E-state index is 8.80. The summed E-state index contributed by atoms with van der Waals surface area (Å²) in [6.07, 6.45) is 5.98. The van der Waals surface area contributed by atoms with Crippen molar-refractivity contribution in [2.24, 2.45) is 11.8 Å². The largest absolute Gasteiger partial charge is 0.396 e. The Morgan fingerprint density at radius 3 is 2.64 bits per heavy atom. The van der Waals surface area contributed by atoms with Crippen molar-refractivity contribution in [1.82, 2.24) is 0 Å². The molecule has 0 bridgehead atoms. The number of aliphatic hydroxyl groups is 1. The van der Waals surface area contributed by atoms with E-state index in [0.717, 1.165) is 24.7 Å². The number of hydrogen-bond acceptors (Lipinski definition) is 1. The normalized spacial score (nSPS) is 23.4. The highest BCUT2D eigenvalue weighted by Gasteiger charge is 2.20. The Balaban J connectivity index is 2.49. The van der Waals surface area contributed by atoms with Crippen LogP contribution in [0.15, 0.2) is 11.1 Å². The lowest BCUT2D eigenvalue weighted by Gasteiger charge is -2.28. The van der Waals surface area contributed by atoms with Gasteiger partial charge in [0.2, 0.25) is 0 Å². The smallest absolute Gasteiger partial charge is 0.0434 e. The zero-order valence-corrected chi connectivity index (χ0v) is 9.84. The van der Waals surface area contributed by atoms with Crippen LogP contribution in [0, 0.1) is 11.8 Å². The molecule has 1 aliphatic carbocycles. The van der Waals surface area contributed by atoms with Crippen molar-refractivity contribution in [3.05, 3.63) is 11.1 Å². The zero-order chi connectivity index (χ0) is 10.6. The first-order valence-corrected chi connectivity index (χ1v) is 5.93.